The molecule has 1 aliphatic heterocycles. The fourth-order valence-electron chi connectivity index (χ4n) is 2.30. The minimum absolute atomic E-state index is 0.0319. The minimum Gasteiger partial charge on any atom is -0.379 e. The van der Waals surface area contributed by atoms with Crippen LogP contribution in [0.5, 0.6) is 0 Å². The second-order valence-electron chi connectivity index (χ2n) is 4.99. The number of ether oxygens (including phenoxy) is 2. The standard InChI is InChI=1S/C13H19N3O5/c1-15-9(6-11(17)16(2)13(15)19)12(18)14-8-4-5-21-7-10(8)20-3/h6,8,10H,4-5,7H2,1-3H3,(H,14,18)/t8-,10-/m1/s1. The largest absolute Gasteiger partial charge is 0.379 e. The van der Waals surface area contributed by atoms with E-state index in [9.17, 15) is 14.4 Å². The van der Waals surface area contributed by atoms with E-state index in [4.69, 9.17) is 9.47 Å². The quantitative estimate of drug-likeness (QED) is 0.742. The predicted molar refractivity (Wildman–Crippen MR) is 74.4 cm³/mol. The number of aromatic nitrogens is 2. The van der Waals surface area contributed by atoms with Crippen LogP contribution in [0.15, 0.2) is 15.7 Å². The zero-order valence-corrected chi connectivity index (χ0v) is 12.3. The molecule has 8 heteroatoms. The van der Waals surface area contributed by atoms with Gasteiger partial charge in [0, 0.05) is 33.9 Å². The van der Waals surface area contributed by atoms with E-state index in [-0.39, 0.29) is 17.8 Å². The highest BCUT2D eigenvalue weighted by Crippen LogP contribution is 2.11. The van der Waals surface area contributed by atoms with Crippen LogP contribution in [0.4, 0.5) is 0 Å². The average Bonchev–Trinajstić information content (AvgIpc) is 2.49. The highest BCUT2D eigenvalue weighted by atomic mass is 16.5. The second kappa shape index (κ2) is 6.23. The number of methoxy groups -OCH3 is 1. The molecule has 1 aliphatic rings. The lowest BCUT2D eigenvalue weighted by atomic mass is 10.1. The van der Waals surface area contributed by atoms with Crippen molar-refractivity contribution in [3.63, 3.8) is 0 Å². The average molecular weight is 297 g/mol. The molecule has 1 fully saturated rings. The Morgan fingerprint density at radius 2 is 2.10 bits per heavy atom. The Hall–Kier alpha value is -1.93. The first-order valence-corrected chi connectivity index (χ1v) is 6.64. The van der Waals surface area contributed by atoms with Crippen molar-refractivity contribution < 1.29 is 14.3 Å². The molecule has 1 N–H and O–H groups in total. The molecule has 1 saturated heterocycles. The first-order chi connectivity index (χ1) is 9.95. The molecule has 1 aromatic heterocycles. The summed E-state index contributed by atoms with van der Waals surface area (Å²) in [5.74, 6) is -0.471. The molecule has 0 spiro atoms. The lowest BCUT2D eigenvalue weighted by molar-refractivity contribution is -0.0479. The summed E-state index contributed by atoms with van der Waals surface area (Å²) in [5.41, 5.74) is -1.02. The van der Waals surface area contributed by atoms with Crippen molar-refractivity contribution in [1.29, 1.82) is 0 Å². The molecule has 0 saturated carbocycles. The van der Waals surface area contributed by atoms with Gasteiger partial charge in [-0.15, -0.1) is 0 Å². The van der Waals surface area contributed by atoms with Crippen LogP contribution in [0.1, 0.15) is 16.9 Å². The molecular weight excluding hydrogens is 278 g/mol. The van der Waals surface area contributed by atoms with Crippen molar-refractivity contribution >= 4 is 5.91 Å². The zero-order chi connectivity index (χ0) is 15.6. The maximum atomic E-state index is 12.3. The van der Waals surface area contributed by atoms with Crippen LogP contribution in [0.2, 0.25) is 0 Å². The fourth-order valence-corrected chi connectivity index (χ4v) is 2.30. The van der Waals surface area contributed by atoms with Gasteiger partial charge in [-0.1, -0.05) is 0 Å². The zero-order valence-electron chi connectivity index (χ0n) is 12.3. The van der Waals surface area contributed by atoms with E-state index in [1.807, 2.05) is 0 Å². The molecule has 0 radical (unpaired) electrons. The number of nitrogens with one attached hydrogen (secondary N) is 1. The van der Waals surface area contributed by atoms with Crippen molar-refractivity contribution in [2.24, 2.45) is 14.1 Å². The molecule has 0 bridgehead atoms. The van der Waals surface area contributed by atoms with Gasteiger partial charge in [-0.3, -0.25) is 18.7 Å². The summed E-state index contributed by atoms with van der Waals surface area (Å²) >= 11 is 0. The van der Waals surface area contributed by atoms with E-state index < -0.39 is 17.2 Å². The van der Waals surface area contributed by atoms with Gasteiger partial charge in [-0.25, -0.2) is 4.79 Å². The lowest BCUT2D eigenvalue weighted by Gasteiger charge is -2.31. The summed E-state index contributed by atoms with van der Waals surface area (Å²) in [6, 6.07) is 0.938. The van der Waals surface area contributed by atoms with Crippen molar-refractivity contribution in [1.82, 2.24) is 14.5 Å². The van der Waals surface area contributed by atoms with E-state index in [2.05, 4.69) is 5.32 Å². The lowest BCUT2D eigenvalue weighted by Crippen LogP contribution is -2.51. The first kappa shape index (κ1) is 15.5. The number of rotatable bonds is 3. The Morgan fingerprint density at radius 3 is 2.76 bits per heavy atom. The number of nitrogens with zero attached hydrogens (tertiary/aromatic N) is 2. The van der Waals surface area contributed by atoms with E-state index >= 15 is 0 Å². The van der Waals surface area contributed by atoms with Gasteiger partial charge >= 0.3 is 5.69 Å². The van der Waals surface area contributed by atoms with Crippen LogP contribution in [-0.2, 0) is 23.6 Å². The van der Waals surface area contributed by atoms with Crippen molar-refractivity contribution in [3.05, 3.63) is 32.6 Å². The van der Waals surface area contributed by atoms with Crippen LogP contribution in [0.3, 0.4) is 0 Å². The minimum atomic E-state index is -0.539. The van der Waals surface area contributed by atoms with Gasteiger partial charge in [0.05, 0.1) is 12.6 Å². The molecule has 8 nitrogen and oxygen atoms in total. The van der Waals surface area contributed by atoms with Gasteiger partial charge in [0.25, 0.3) is 11.5 Å². The first-order valence-electron chi connectivity index (χ1n) is 6.64. The van der Waals surface area contributed by atoms with Crippen molar-refractivity contribution in [3.8, 4) is 0 Å². The number of hydrogen-bond acceptors (Lipinski definition) is 5. The van der Waals surface area contributed by atoms with E-state index in [1.165, 1.54) is 14.1 Å². The van der Waals surface area contributed by atoms with Crippen LogP contribution in [0, 0.1) is 0 Å². The van der Waals surface area contributed by atoms with Crippen LogP contribution >= 0.6 is 0 Å². The Labute approximate surface area is 121 Å². The maximum Gasteiger partial charge on any atom is 0.331 e. The Morgan fingerprint density at radius 1 is 1.38 bits per heavy atom. The molecule has 1 aromatic rings. The molecular formula is C13H19N3O5. The number of carbonyl (C=O) groups excluding carboxylic acids is 1. The molecule has 0 unspecified atom stereocenters. The Balaban J connectivity index is 2.25. The highest BCUT2D eigenvalue weighted by molar-refractivity contribution is 5.92. The summed E-state index contributed by atoms with van der Waals surface area (Å²) in [7, 11) is 4.37. The summed E-state index contributed by atoms with van der Waals surface area (Å²) < 4.78 is 12.6. The molecule has 116 valence electrons. The third-order valence-electron chi connectivity index (χ3n) is 3.68. The van der Waals surface area contributed by atoms with Crippen LogP contribution in [0.25, 0.3) is 0 Å². The SMILES string of the molecule is CO[C@@H]1COCC[C@H]1NC(=O)c1cc(=O)n(C)c(=O)n1C. The molecule has 2 heterocycles. The third kappa shape index (κ3) is 3.06. The third-order valence-corrected chi connectivity index (χ3v) is 3.68. The summed E-state index contributed by atoms with van der Waals surface area (Å²) in [6.07, 6.45) is 0.370. The normalized spacial score (nSPS) is 22.0. The number of carbonyl (C=O) groups is 1. The van der Waals surface area contributed by atoms with Gasteiger partial charge in [0.2, 0.25) is 0 Å². The van der Waals surface area contributed by atoms with Gasteiger partial charge in [-0.2, -0.15) is 0 Å². The molecule has 1 amide bonds. The van der Waals surface area contributed by atoms with E-state index in [0.29, 0.717) is 19.6 Å². The van der Waals surface area contributed by atoms with E-state index in [0.717, 1.165) is 15.2 Å². The van der Waals surface area contributed by atoms with Gasteiger partial charge < -0.3 is 14.8 Å². The topological polar surface area (TPSA) is 91.6 Å². The summed E-state index contributed by atoms with van der Waals surface area (Å²) in [6.45, 7) is 0.928. The smallest absolute Gasteiger partial charge is 0.331 e. The number of hydrogen-bond donors (Lipinski definition) is 1. The molecule has 2 atom stereocenters. The predicted octanol–water partition coefficient (Wildman–Crippen LogP) is -1.38. The van der Waals surface area contributed by atoms with E-state index in [1.54, 1.807) is 7.11 Å². The highest BCUT2D eigenvalue weighted by Gasteiger charge is 2.28. The Bertz CT molecular complexity index is 648. The number of amides is 1. The molecule has 21 heavy (non-hydrogen) atoms. The monoisotopic (exact) mass is 297 g/mol. The summed E-state index contributed by atoms with van der Waals surface area (Å²) in [5, 5.41) is 2.80. The second-order valence-corrected chi connectivity index (χ2v) is 4.99. The Kier molecular flexibility index (Phi) is 4.59. The maximum absolute atomic E-state index is 12.3. The van der Waals surface area contributed by atoms with Crippen LogP contribution < -0.4 is 16.6 Å². The van der Waals surface area contributed by atoms with Crippen LogP contribution in [-0.4, -0.2) is 47.5 Å². The van der Waals surface area contributed by atoms with Gasteiger partial charge in [-0.05, 0) is 6.42 Å². The summed E-state index contributed by atoms with van der Waals surface area (Å²) in [4.78, 5) is 35.8. The van der Waals surface area contributed by atoms with Crippen molar-refractivity contribution in [2.45, 2.75) is 18.6 Å². The molecule has 0 aromatic carbocycles. The fraction of sp³-hybridized carbons (Fsp3) is 0.615. The van der Waals surface area contributed by atoms with Crippen molar-refractivity contribution in [2.75, 3.05) is 20.3 Å². The van der Waals surface area contributed by atoms with Gasteiger partial charge in [0.15, 0.2) is 0 Å². The van der Waals surface area contributed by atoms with Gasteiger partial charge in [0.1, 0.15) is 11.8 Å². The molecule has 0 aliphatic carbocycles. The molecule has 2 rings (SSSR count).